The minimum atomic E-state index is 0.565. The van der Waals surface area contributed by atoms with Gasteiger partial charge in [0.05, 0.1) is 6.54 Å². The third-order valence-corrected chi connectivity index (χ3v) is 1.99. The molecule has 2 N–H and O–H groups in total. The zero-order valence-corrected chi connectivity index (χ0v) is 8.02. The number of imidazole rings is 1. The number of aromatic amines is 1. The average molecular weight is 167 g/mol. The van der Waals surface area contributed by atoms with Gasteiger partial charge in [0.25, 0.3) is 0 Å². The van der Waals surface area contributed by atoms with Crippen molar-refractivity contribution in [3.05, 3.63) is 17.7 Å². The number of nitrogens with zero attached hydrogens (tertiary/aromatic N) is 1. The number of H-pyrrole nitrogens is 1. The van der Waals surface area contributed by atoms with Crippen LogP contribution >= 0.6 is 0 Å². The highest BCUT2D eigenvalue weighted by atomic mass is 15.0. The maximum Gasteiger partial charge on any atom is 0.120 e. The second-order valence-electron chi connectivity index (χ2n) is 3.20. The Morgan fingerprint density at radius 2 is 2.42 bits per heavy atom. The predicted molar refractivity (Wildman–Crippen MR) is 49.9 cm³/mol. The minimum absolute atomic E-state index is 0.565. The number of aryl methyl sites for hydroxylation is 1. The van der Waals surface area contributed by atoms with Gasteiger partial charge in [0, 0.05) is 17.9 Å². The molecule has 0 saturated heterocycles. The van der Waals surface area contributed by atoms with Crippen LogP contribution in [0.1, 0.15) is 31.8 Å². The van der Waals surface area contributed by atoms with Crippen LogP contribution in [0.25, 0.3) is 0 Å². The van der Waals surface area contributed by atoms with Gasteiger partial charge in [0.2, 0.25) is 0 Å². The molecular weight excluding hydrogens is 150 g/mol. The molecule has 0 fully saturated rings. The van der Waals surface area contributed by atoms with Crippen LogP contribution in [0.5, 0.6) is 0 Å². The van der Waals surface area contributed by atoms with Crippen molar-refractivity contribution in [2.75, 3.05) is 0 Å². The molecule has 12 heavy (non-hydrogen) atoms. The first kappa shape index (κ1) is 9.26. The molecule has 1 aromatic heterocycles. The molecule has 1 aromatic rings. The smallest absolute Gasteiger partial charge is 0.120 e. The van der Waals surface area contributed by atoms with Crippen molar-refractivity contribution in [3.63, 3.8) is 0 Å². The summed E-state index contributed by atoms with van der Waals surface area (Å²) in [7, 11) is 0. The third-order valence-electron chi connectivity index (χ3n) is 1.99. The highest BCUT2D eigenvalue weighted by Gasteiger charge is 1.99. The Morgan fingerprint density at radius 3 is 2.92 bits per heavy atom. The highest BCUT2D eigenvalue weighted by molar-refractivity contribution is 4.97. The van der Waals surface area contributed by atoms with Gasteiger partial charge in [0.15, 0.2) is 0 Å². The van der Waals surface area contributed by atoms with Gasteiger partial charge < -0.3 is 10.3 Å². The van der Waals surface area contributed by atoms with Gasteiger partial charge in [-0.05, 0) is 20.3 Å². The van der Waals surface area contributed by atoms with E-state index in [4.69, 9.17) is 0 Å². The second-order valence-corrected chi connectivity index (χ2v) is 3.20. The average Bonchev–Trinajstić information content (AvgIpc) is 2.47. The van der Waals surface area contributed by atoms with E-state index in [-0.39, 0.29) is 0 Å². The van der Waals surface area contributed by atoms with E-state index in [0.29, 0.717) is 6.04 Å². The number of hydrogen-bond acceptors (Lipinski definition) is 2. The van der Waals surface area contributed by atoms with Crippen molar-refractivity contribution in [2.24, 2.45) is 0 Å². The quantitative estimate of drug-likeness (QED) is 0.715. The molecule has 0 saturated carbocycles. The van der Waals surface area contributed by atoms with E-state index in [2.05, 4.69) is 29.1 Å². The Bertz CT molecular complexity index is 229. The van der Waals surface area contributed by atoms with Crippen LogP contribution in [-0.2, 0) is 6.54 Å². The molecule has 0 aliphatic heterocycles. The molecular formula is C9H17N3. The summed E-state index contributed by atoms with van der Waals surface area (Å²) in [6.07, 6.45) is 3.01. The lowest BCUT2D eigenvalue weighted by atomic mass is 10.2. The van der Waals surface area contributed by atoms with Crippen LogP contribution in [-0.4, -0.2) is 16.0 Å². The predicted octanol–water partition coefficient (Wildman–Crippen LogP) is 1.61. The zero-order valence-electron chi connectivity index (χ0n) is 8.02. The van der Waals surface area contributed by atoms with Crippen molar-refractivity contribution in [3.8, 4) is 0 Å². The monoisotopic (exact) mass is 167 g/mol. The Morgan fingerprint density at radius 1 is 1.67 bits per heavy atom. The van der Waals surface area contributed by atoms with Gasteiger partial charge in [-0.1, -0.05) is 6.92 Å². The Labute approximate surface area is 73.6 Å². The maximum atomic E-state index is 4.20. The van der Waals surface area contributed by atoms with E-state index in [1.165, 1.54) is 0 Å². The Hall–Kier alpha value is -0.830. The minimum Gasteiger partial charge on any atom is -0.345 e. The van der Waals surface area contributed by atoms with Crippen LogP contribution in [0.3, 0.4) is 0 Å². The van der Waals surface area contributed by atoms with Crippen molar-refractivity contribution in [1.82, 2.24) is 15.3 Å². The van der Waals surface area contributed by atoms with E-state index in [0.717, 1.165) is 24.5 Å². The first-order valence-corrected chi connectivity index (χ1v) is 4.46. The molecule has 1 heterocycles. The zero-order chi connectivity index (χ0) is 8.97. The van der Waals surface area contributed by atoms with Gasteiger partial charge in [-0.3, -0.25) is 0 Å². The number of nitrogens with one attached hydrogen (secondary N) is 2. The number of aromatic nitrogens is 2. The molecule has 3 heteroatoms. The Kier molecular flexibility index (Phi) is 3.29. The molecule has 0 aliphatic carbocycles. The van der Waals surface area contributed by atoms with Crippen LogP contribution in [0.15, 0.2) is 6.20 Å². The SMILES string of the molecule is CCC(C)NCc1ncc(C)[nH]1. The van der Waals surface area contributed by atoms with Gasteiger partial charge >= 0.3 is 0 Å². The largest absolute Gasteiger partial charge is 0.345 e. The van der Waals surface area contributed by atoms with Gasteiger partial charge in [-0.2, -0.15) is 0 Å². The summed E-state index contributed by atoms with van der Waals surface area (Å²) in [4.78, 5) is 7.39. The van der Waals surface area contributed by atoms with Crippen molar-refractivity contribution >= 4 is 0 Å². The van der Waals surface area contributed by atoms with E-state index in [9.17, 15) is 0 Å². The number of rotatable bonds is 4. The van der Waals surface area contributed by atoms with E-state index >= 15 is 0 Å². The Balaban J connectivity index is 2.33. The summed E-state index contributed by atoms with van der Waals surface area (Å²) in [5.74, 6) is 1.02. The van der Waals surface area contributed by atoms with Crippen molar-refractivity contribution in [1.29, 1.82) is 0 Å². The number of hydrogen-bond donors (Lipinski definition) is 2. The van der Waals surface area contributed by atoms with E-state index in [1.54, 1.807) is 0 Å². The molecule has 0 spiro atoms. The summed E-state index contributed by atoms with van der Waals surface area (Å²) < 4.78 is 0. The van der Waals surface area contributed by atoms with Crippen molar-refractivity contribution < 1.29 is 0 Å². The normalized spacial score (nSPS) is 13.2. The summed E-state index contributed by atoms with van der Waals surface area (Å²) in [6, 6.07) is 0.565. The van der Waals surface area contributed by atoms with Crippen LogP contribution in [0.2, 0.25) is 0 Å². The molecule has 68 valence electrons. The molecule has 0 aliphatic rings. The van der Waals surface area contributed by atoms with Gasteiger partial charge in [-0.15, -0.1) is 0 Å². The molecule has 0 radical (unpaired) electrons. The molecule has 0 aromatic carbocycles. The van der Waals surface area contributed by atoms with Crippen molar-refractivity contribution in [2.45, 2.75) is 39.8 Å². The summed E-state index contributed by atoms with van der Waals surface area (Å²) >= 11 is 0. The lowest BCUT2D eigenvalue weighted by molar-refractivity contribution is 0.524. The first-order chi connectivity index (χ1) is 5.72. The summed E-state index contributed by atoms with van der Waals surface area (Å²) in [5.41, 5.74) is 1.12. The van der Waals surface area contributed by atoms with Crippen LogP contribution in [0.4, 0.5) is 0 Å². The second kappa shape index (κ2) is 4.26. The maximum absolute atomic E-state index is 4.20. The molecule has 3 nitrogen and oxygen atoms in total. The highest BCUT2D eigenvalue weighted by Crippen LogP contribution is 1.95. The van der Waals surface area contributed by atoms with E-state index in [1.807, 2.05) is 13.1 Å². The standard InChI is InChI=1S/C9H17N3/c1-4-7(2)10-6-9-11-5-8(3)12-9/h5,7,10H,4,6H2,1-3H3,(H,11,12). The molecule has 0 amide bonds. The topological polar surface area (TPSA) is 40.7 Å². The van der Waals surface area contributed by atoms with Crippen LogP contribution in [0, 0.1) is 6.92 Å². The van der Waals surface area contributed by atoms with Crippen LogP contribution < -0.4 is 5.32 Å². The fraction of sp³-hybridized carbons (Fsp3) is 0.667. The third kappa shape index (κ3) is 2.66. The fourth-order valence-electron chi connectivity index (χ4n) is 0.972. The lowest BCUT2D eigenvalue weighted by Gasteiger charge is -2.08. The molecule has 0 bridgehead atoms. The first-order valence-electron chi connectivity index (χ1n) is 4.46. The lowest BCUT2D eigenvalue weighted by Crippen LogP contribution is -2.24. The molecule has 1 atom stereocenters. The molecule has 1 rings (SSSR count). The van der Waals surface area contributed by atoms with Gasteiger partial charge in [0.1, 0.15) is 5.82 Å². The fourth-order valence-corrected chi connectivity index (χ4v) is 0.972. The van der Waals surface area contributed by atoms with E-state index < -0.39 is 0 Å². The summed E-state index contributed by atoms with van der Waals surface area (Å²) in [5, 5.41) is 3.37. The van der Waals surface area contributed by atoms with Gasteiger partial charge in [-0.25, -0.2) is 4.98 Å². The summed E-state index contributed by atoms with van der Waals surface area (Å²) in [6.45, 7) is 7.20. The molecule has 1 unspecified atom stereocenters.